The van der Waals surface area contributed by atoms with Crippen molar-refractivity contribution in [1.29, 1.82) is 0 Å². The first-order valence-electron chi connectivity index (χ1n) is 9.23. The van der Waals surface area contributed by atoms with E-state index in [0.29, 0.717) is 25.5 Å². The van der Waals surface area contributed by atoms with Crippen molar-refractivity contribution in [2.45, 2.75) is 32.4 Å². The first-order chi connectivity index (χ1) is 13.4. The Hall–Kier alpha value is -1.75. The summed E-state index contributed by atoms with van der Waals surface area (Å²) in [5.74, 6) is 2.48. The molecule has 2 N–H and O–H groups in total. The van der Waals surface area contributed by atoms with Crippen molar-refractivity contribution < 1.29 is 17.6 Å². The van der Waals surface area contributed by atoms with Crippen LogP contribution >= 0.6 is 24.0 Å². The summed E-state index contributed by atoms with van der Waals surface area (Å²) in [5.41, 5.74) is 1.05. The molecule has 162 valence electrons. The van der Waals surface area contributed by atoms with Gasteiger partial charge in [-0.1, -0.05) is 12.1 Å². The second-order valence-electron chi connectivity index (χ2n) is 6.73. The quantitative estimate of drug-likeness (QED) is 0.276. The lowest BCUT2D eigenvalue weighted by molar-refractivity contribution is 0.414. The average Bonchev–Trinajstić information content (AvgIpc) is 3.17. The molecule has 0 fully saturated rings. The van der Waals surface area contributed by atoms with E-state index >= 15 is 0 Å². The maximum absolute atomic E-state index is 11.4. The number of ether oxygens (including phenoxy) is 1. The molecule has 1 heterocycles. The normalized spacial score (nSPS) is 12.7. The van der Waals surface area contributed by atoms with Crippen molar-refractivity contribution in [3.05, 3.63) is 54.0 Å². The molecular weight excluding hydrogens is 505 g/mol. The molecule has 1 aromatic carbocycles. The zero-order chi connectivity index (χ0) is 20.4. The molecule has 9 heteroatoms. The minimum absolute atomic E-state index is 0. The maximum Gasteiger partial charge on any atom is 0.191 e. The largest absolute Gasteiger partial charge is 0.497 e. The number of guanidine groups is 1. The van der Waals surface area contributed by atoms with Gasteiger partial charge in [-0.3, -0.25) is 0 Å². The third-order valence-electron chi connectivity index (χ3n) is 4.13. The molecule has 1 atom stereocenters. The fourth-order valence-electron chi connectivity index (χ4n) is 2.51. The number of rotatable bonds is 10. The van der Waals surface area contributed by atoms with Crippen LogP contribution in [0.1, 0.15) is 24.7 Å². The third kappa shape index (κ3) is 10.6. The van der Waals surface area contributed by atoms with E-state index in [1.165, 1.54) is 6.26 Å². The number of hydrogen-bond donors (Lipinski definition) is 2. The van der Waals surface area contributed by atoms with Crippen LogP contribution in [-0.4, -0.2) is 46.1 Å². The number of furan rings is 1. The molecule has 0 aliphatic carbocycles. The van der Waals surface area contributed by atoms with Gasteiger partial charge in [0.15, 0.2) is 5.96 Å². The molecular formula is C20H30IN3O4S. The van der Waals surface area contributed by atoms with E-state index in [1.807, 2.05) is 43.3 Å². The molecule has 0 bridgehead atoms. The number of nitrogens with zero attached hydrogens (tertiary/aromatic N) is 1. The Balaban J connectivity index is 0.00000420. The molecule has 0 aliphatic rings. The Morgan fingerprint density at radius 2 is 1.97 bits per heavy atom. The van der Waals surface area contributed by atoms with Crippen molar-refractivity contribution in [3.8, 4) is 5.75 Å². The number of aliphatic imine (C=N–C) groups is 1. The first-order valence-corrected chi connectivity index (χ1v) is 11.3. The summed E-state index contributed by atoms with van der Waals surface area (Å²) in [5, 5.41) is 6.57. The van der Waals surface area contributed by atoms with Gasteiger partial charge in [0, 0.05) is 25.3 Å². The Kier molecular flexibility index (Phi) is 11.1. The second-order valence-corrected chi connectivity index (χ2v) is 8.99. The molecule has 0 saturated carbocycles. The summed E-state index contributed by atoms with van der Waals surface area (Å²) in [4.78, 5) is 4.63. The van der Waals surface area contributed by atoms with Crippen LogP contribution in [0.15, 0.2) is 52.1 Å². The highest BCUT2D eigenvalue weighted by Gasteiger charge is 2.10. The monoisotopic (exact) mass is 535 g/mol. The van der Waals surface area contributed by atoms with E-state index in [4.69, 9.17) is 9.15 Å². The second kappa shape index (κ2) is 12.7. The van der Waals surface area contributed by atoms with Gasteiger partial charge in [-0.15, -0.1) is 24.0 Å². The minimum atomic E-state index is -2.99. The summed E-state index contributed by atoms with van der Waals surface area (Å²) >= 11 is 0. The molecule has 29 heavy (non-hydrogen) atoms. The topological polar surface area (TPSA) is 92.9 Å². The van der Waals surface area contributed by atoms with Crippen LogP contribution in [0, 0.1) is 0 Å². The lowest BCUT2D eigenvalue weighted by Crippen LogP contribution is -2.43. The number of methoxy groups -OCH3 is 1. The predicted octanol–water partition coefficient (Wildman–Crippen LogP) is 3.01. The van der Waals surface area contributed by atoms with Crippen LogP contribution in [0.25, 0.3) is 0 Å². The van der Waals surface area contributed by atoms with Crippen molar-refractivity contribution in [2.75, 3.05) is 25.7 Å². The van der Waals surface area contributed by atoms with Gasteiger partial charge in [0.05, 0.1) is 25.7 Å². The van der Waals surface area contributed by atoms with Gasteiger partial charge in [-0.2, -0.15) is 0 Å². The van der Waals surface area contributed by atoms with Crippen molar-refractivity contribution >= 4 is 39.8 Å². The van der Waals surface area contributed by atoms with Crippen LogP contribution in [0.2, 0.25) is 0 Å². The summed E-state index contributed by atoms with van der Waals surface area (Å²) in [6, 6.07) is 11.5. The highest BCUT2D eigenvalue weighted by Crippen LogP contribution is 2.12. The van der Waals surface area contributed by atoms with Gasteiger partial charge < -0.3 is 19.8 Å². The van der Waals surface area contributed by atoms with Gasteiger partial charge in [0.2, 0.25) is 0 Å². The zero-order valence-corrected chi connectivity index (χ0v) is 20.2. The molecule has 0 radical (unpaired) electrons. The standard InChI is InChI=1S/C20H29N3O4S.HI/c1-16(11-14-28(3,24)25)23-20(21-12-10-19-5-4-13-27-19)22-15-17-6-8-18(26-2)9-7-17;/h4-9,13,16H,10-12,14-15H2,1-3H3,(H2,21,22,23);1H. The Labute approximate surface area is 190 Å². The molecule has 0 amide bonds. The number of hydrogen-bond acceptors (Lipinski definition) is 5. The lowest BCUT2D eigenvalue weighted by Gasteiger charge is -2.18. The van der Waals surface area contributed by atoms with E-state index < -0.39 is 9.84 Å². The summed E-state index contributed by atoms with van der Waals surface area (Å²) < 4.78 is 33.3. The SMILES string of the molecule is COc1ccc(CN=C(NCCc2ccco2)NC(C)CCS(C)(=O)=O)cc1.I. The molecule has 1 aromatic heterocycles. The van der Waals surface area contributed by atoms with Crippen molar-refractivity contribution in [1.82, 2.24) is 10.6 Å². The number of halogens is 1. The molecule has 2 rings (SSSR count). The predicted molar refractivity (Wildman–Crippen MR) is 127 cm³/mol. The van der Waals surface area contributed by atoms with E-state index in [0.717, 1.165) is 23.5 Å². The Morgan fingerprint density at radius 3 is 2.55 bits per heavy atom. The van der Waals surface area contributed by atoms with Crippen LogP contribution in [0.4, 0.5) is 0 Å². The van der Waals surface area contributed by atoms with E-state index in [-0.39, 0.29) is 35.8 Å². The number of nitrogens with one attached hydrogen (secondary N) is 2. The fraction of sp³-hybridized carbons (Fsp3) is 0.450. The van der Waals surface area contributed by atoms with E-state index in [9.17, 15) is 8.42 Å². The highest BCUT2D eigenvalue weighted by atomic mass is 127. The van der Waals surface area contributed by atoms with Gasteiger partial charge in [-0.05, 0) is 43.2 Å². The summed E-state index contributed by atoms with van der Waals surface area (Å²) in [6.07, 6.45) is 4.15. The average molecular weight is 535 g/mol. The molecule has 0 saturated heterocycles. The van der Waals surface area contributed by atoms with Crippen molar-refractivity contribution in [2.24, 2.45) is 4.99 Å². The minimum Gasteiger partial charge on any atom is -0.497 e. The molecule has 2 aromatic rings. The first kappa shape index (κ1) is 25.3. The van der Waals surface area contributed by atoms with E-state index in [2.05, 4.69) is 15.6 Å². The number of benzene rings is 1. The zero-order valence-electron chi connectivity index (χ0n) is 17.1. The smallest absolute Gasteiger partial charge is 0.191 e. The Bertz CT molecular complexity index is 837. The van der Waals surface area contributed by atoms with Crippen molar-refractivity contribution in [3.63, 3.8) is 0 Å². The molecule has 0 spiro atoms. The van der Waals surface area contributed by atoms with Crippen LogP contribution in [0.3, 0.4) is 0 Å². The lowest BCUT2D eigenvalue weighted by atomic mass is 10.2. The molecule has 0 aliphatic heterocycles. The summed E-state index contributed by atoms with van der Waals surface area (Å²) in [7, 11) is -1.35. The van der Waals surface area contributed by atoms with Crippen LogP contribution in [-0.2, 0) is 22.8 Å². The third-order valence-corrected chi connectivity index (χ3v) is 5.10. The van der Waals surface area contributed by atoms with Crippen LogP contribution in [0.5, 0.6) is 5.75 Å². The maximum atomic E-state index is 11.4. The van der Waals surface area contributed by atoms with Crippen LogP contribution < -0.4 is 15.4 Å². The van der Waals surface area contributed by atoms with E-state index in [1.54, 1.807) is 13.4 Å². The highest BCUT2D eigenvalue weighted by molar-refractivity contribution is 14.0. The van der Waals surface area contributed by atoms with Gasteiger partial charge in [0.1, 0.15) is 21.3 Å². The Morgan fingerprint density at radius 1 is 1.24 bits per heavy atom. The van der Waals surface area contributed by atoms with Gasteiger partial charge in [-0.25, -0.2) is 13.4 Å². The number of sulfone groups is 1. The van der Waals surface area contributed by atoms with Gasteiger partial charge in [0.25, 0.3) is 0 Å². The summed E-state index contributed by atoms with van der Waals surface area (Å²) in [6.45, 7) is 3.10. The fourth-order valence-corrected chi connectivity index (χ4v) is 3.29. The molecule has 7 nitrogen and oxygen atoms in total. The van der Waals surface area contributed by atoms with Gasteiger partial charge >= 0.3 is 0 Å². The molecule has 1 unspecified atom stereocenters.